The Bertz CT molecular complexity index is 669. The molecule has 0 radical (unpaired) electrons. The molecule has 0 N–H and O–H groups in total. The molecule has 118 valence electrons. The molecule has 0 bridgehead atoms. The van der Waals surface area contributed by atoms with Crippen molar-refractivity contribution in [3.63, 3.8) is 0 Å². The number of nitrogens with zero attached hydrogens (tertiary/aromatic N) is 3. The number of rotatable bonds is 3. The van der Waals surface area contributed by atoms with Crippen molar-refractivity contribution < 1.29 is 13.5 Å². The molecule has 6 heteroatoms. The van der Waals surface area contributed by atoms with Gasteiger partial charge in [0.15, 0.2) is 5.82 Å². The second kappa shape index (κ2) is 5.78. The number of hydrogen-bond donors (Lipinski definition) is 0. The second-order valence-electron chi connectivity index (χ2n) is 6.13. The fraction of sp³-hybridized carbons (Fsp3) is 0.438. The Hall–Kier alpha value is -1.79. The molecule has 2 heterocycles. The molecule has 1 fully saturated rings. The van der Waals surface area contributed by atoms with Crippen LogP contribution in [0.4, 0.5) is 8.78 Å². The summed E-state index contributed by atoms with van der Waals surface area (Å²) in [6.07, 6.45) is 1.69. The van der Waals surface area contributed by atoms with Crippen LogP contribution < -0.4 is 0 Å². The van der Waals surface area contributed by atoms with Crippen molar-refractivity contribution >= 4 is 0 Å². The van der Waals surface area contributed by atoms with Crippen molar-refractivity contribution in [1.82, 2.24) is 14.7 Å². The highest BCUT2D eigenvalue weighted by molar-refractivity contribution is 5.33. The highest BCUT2D eigenvalue weighted by atomic mass is 19.1. The number of benzene rings is 1. The van der Waals surface area contributed by atoms with Crippen molar-refractivity contribution in [3.8, 4) is 5.69 Å². The first-order valence-electron chi connectivity index (χ1n) is 7.28. The van der Waals surface area contributed by atoms with Crippen LogP contribution in [0, 0.1) is 11.6 Å². The molecule has 0 atom stereocenters. The monoisotopic (exact) mass is 307 g/mol. The molecule has 0 saturated carbocycles. The molecule has 1 aliphatic heterocycles. The number of morpholine rings is 1. The quantitative estimate of drug-likeness (QED) is 0.873. The normalized spacial score (nSPS) is 18.5. The summed E-state index contributed by atoms with van der Waals surface area (Å²) in [5.74, 6) is -1.22. The van der Waals surface area contributed by atoms with Crippen LogP contribution in [0.3, 0.4) is 0 Å². The predicted octanol–water partition coefficient (Wildman–Crippen LogP) is 2.76. The van der Waals surface area contributed by atoms with Crippen molar-refractivity contribution in [2.45, 2.75) is 25.9 Å². The van der Waals surface area contributed by atoms with Crippen molar-refractivity contribution in [2.24, 2.45) is 0 Å². The lowest BCUT2D eigenvalue weighted by Crippen LogP contribution is -2.52. The molecule has 1 saturated heterocycles. The summed E-state index contributed by atoms with van der Waals surface area (Å²) in [5, 5.41) is 4.40. The van der Waals surface area contributed by atoms with Gasteiger partial charge >= 0.3 is 0 Å². The molecule has 0 amide bonds. The summed E-state index contributed by atoms with van der Waals surface area (Å²) >= 11 is 0. The van der Waals surface area contributed by atoms with Crippen LogP contribution in [0.1, 0.15) is 19.5 Å². The van der Waals surface area contributed by atoms with Gasteiger partial charge in [-0.3, -0.25) is 4.90 Å². The van der Waals surface area contributed by atoms with Gasteiger partial charge in [0.05, 0.1) is 18.9 Å². The summed E-state index contributed by atoms with van der Waals surface area (Å²) in [4.78, 5) is 2.30. The summed E-state index contributed by atoms with van der Waals surface area (Å²) in [6.45, 7) is 7.15. The van der Waals surface area contributed by atoms with E-state index in [1.807, 2.05) is 6.07 Å². The molecular weight excluding hydrogens is 288 g/mol. The predicted molar refractivity (Wildman–Crippen MR) is 78.8 cm³/mol. The molecule has 4 nitrogen and oxygen atoms in total. The minimum Gasteiger partial charge on any atom is -0.378 e. The lowest BCUT2D eigenvalue weighted by atomic mass is 10.0. The third kappa shape index (κ3) is 3.03. The molecule has 2 aromatic rings. The van der Waals surface area contributed by atoms with Crippen LogP contribution in [0.25, 0.3) is 5.69 Å². The zero-order valence-corrected chi connectivity index (χ0v) is 12.7. The third-order valence-corrected chi connectivity index (χ3v) is 3.97. The third-order valence-electron chi connectivity index (χ3n) is 3.97. The van der Waals surface area contributed by atoms with Gasteiger partial charge in [-0.2, -0.15) is 5.10 Å². The topological polar surface area (TPSA) is 30.3 Å². The van der Waals surface area contributed by atoms with Gasteiger partial charge in [-0.05, 0) is 32.0 Å². The standard InChI is InChI=1S/C16H19F2N3O/c1-16(2)11-22-8-7-20(16)10-13-5-6-21(19-13)15-4-3-12(17)9-14(15)18/h3-6,9H,7-8,10-11H2,1-2H3. The Labute approximate surface area is 128 Å². The Morgan fingerprint density at radius 2 is 2.09 bits per heavy atom. The molecule has 0 spiro atoms. The van der Waals surface area contributed by atoms with E-state index in [-0.39, 0.29) is 11.2 Å². The minimum absolute atomic E-state index is 0.0524. The van der Waals surface area contributed by atoms with Crippen molar-refractivity contribution in [2.75, 3.05) is 19.8 Å². The average molecular weight is 307 g/mol. The van der Waals surface area contributed by atoms with Crippen molar-refractivity contribution in [3.05, 3.63) is 47.8 Å². The Morgan fingerprint density at radius 3 is 2.82 bits per heavy atom. The first-order valence-corrected chi connectivity index (χ1v) is 7.28. The van der Waals surface area contributed by atoms with Gasteiger partial charge in [0.25, 0.3) is 0 Å². The number of aromatic nitrogens is 2. The zero-order chi connectivity index (χ0) is 15.7. The molecule has 1 aromatic heterocycles. The molecule has 1 aromatic carbocycles. The number of halogens is 2. The smallest absolute Gasteiger partial charge is 0.151 e. The van der Waals surface area contributed by atoms with E-state index in [9.17, 15) is 8.78 Å². The number of hydrogen-bond acceptors (Lipinski definition) is 3. The minimum atomic E-state index is -0.624. The van der Waals surface area contributed by atoms with Crippen molar-refractivity contribution in [1.29, 1.82) is 0 Å². The van der Waals surface area contributed by atoms with Gasteiger partial charge in [-0.1, -0.05) is 0 Å². The van der Waals surface area contributed by atoms with Gasteiger partial charge in [0.2, 0.25) is 0 Å². The van der Waals surface area contributed by atoms with Crippen LogP contribution in [0.2, 0.25) is 0 Å². The summed E-state index contributed by atoms with van der Waals surface area (Å²) < 4.78 is 33.7. The van der Waals surface area contributed by atoms with Crippen LogP contribution in [0.15, 0.2) is 30.5 Å². The lowest BCUT2D eigenvalue weighted by Gasteiger charge is -2.41. The van der Waals surface area contributed by atoms with E-state index < -0.39 is 11.6 Å². The SMILES string of the molecule is CC1(C)COCCN1Cc1ccn(-c2ccc(F)cc2F)n1. The van der Waals surface area contributed by atoms with E-state index in [0.717, 1.165) is 18.3 Å². The van der Waals surface area contributed by atoms with Crippen LogP contribution in [0.5, 0.6) is 0 Å². The maximum Gasteiger partial charge on any atom is 0.151 e. The zero-order valence-electron chi connectivity index (χ0n) is 12.7. The Balaban J connectivity index is 1.79. The fourth-order valence-electron chi connectivity index (χ4n) is 2.63. The first kappa shape index (κ1) is 15.1. The van der Waals surface area contributed by atoms with Gasteiger partial charge < -0.3 is 4.74 Å². The largest absolute Gasteiger partial charge is 0.378 e. The maximum absolute atomic E-state index is 13.8. The summed E-state index contributed by atoms with van der Waals surface area (Å²) in [6, 6.07) is 5.33. The molecule has 1 aliphatic rings. The average Bonchev–Trinajstić information content (AvgIpc) is 2.89. The summed E-state index contributed by atoms with van der Waals surface area (Å²) in [5.41, 5.74) is 1.04. The molecule has 22 heavy (non-hydrogen) atoms. The fourth-order valence-corrected chi connectivity index (χ4v) is 2.63. The lowest BCUT2D eigenvalue weighted by molar-refractivity contribution is -0.0558. The second-order valence-corrected chi connectivity index (χ2v) is 6.13. The number of ether oxygens (including phenoxy) is 1. The van der Waals surface area contributed by atoms with Gasteiger partial charge in [0.1, 0.15) is 11.5 Å². The van der Waals surface area contributed by atoms with E-state index in [0.29, 0.717) is 19.8 Å². The maximum atomic E-state index is 13.8. The van der Waals surface area contributed by atoms with Gasteiger partial charge in [-0.15, -0.1) is 0 Å². The van der Waals surface area contributed by atoms with Gasteiger partial charge in [0, 0.05) is 30.9 Å². The van der Waals surface area contributed by atoms with E-state index in [1.54, 1.807) is 6.20 Å². The van der Waals surface area contributed by atoms with E-state index in [2.05, 4.69) is 23.8 Å². The first-order chi connectivity index (χ1) is 10.5. The highest BCUT2D eigenvalue weighted by Crippen LogP contribution is 2.21. The Kier molecular flexibility index (Phi) is 3.97. The Morgan fingerprint density at radius 1 is 1.27 bits per heavy atom. The molecule has 0 aliphatic carbocycles. The molecule has 0 unspecified atom stereocenters. The van der Waals surface area contributed by atoms with E-state index >= 15 is 0 Å². The molecule has 3 rings (SSSR count). The summed E-state index contributed by atoms with van der Waals surface area (Å²) in [7, 11) is 0. The van der Waals surface area contributed by atoms with E-state index in [1.165, 1.54) is 16.8 Å². The van der Waals surface area contributed by atoms with Crippen LogP contribution in [-0.4, -0.2) is 40.0 Å². The van der Waals surface area contributed by atoms with E-state index in [4.69, 9.17) is 4.74 Å². The van der Waals surface area contributed by atoms with Gasteiger partial charge in [-0.25, -0.2) is 13.5 Å². The molecular formula is C16H19F2N3O. The van der Waals surface area contributed by atoms with Crippen LogP contribution in [-0.2, 0) is 11.3 Å². The highest BCUT2D eigenvalue weighted by Gasteiger charge is 2.30. The van der Waals surface area contributed by atoms with Crippen LogP contribution >= 0.6 is 0 Å².